The molecular weight excluding hydrogens is 360 g/mol. The van der Waals surface area contributed by atoms with Crippen molar-refractivity contribution >= 4 is 18.1 Å². The second-order valence-corrected chi connectivity index (χ2v) is 6.41. The lowest BCUT2D eigenvalue weighted by atomic mass is 10.2. The van der Waals surface area contributed by atoms with Gasteiger partial charge in [-0.15, -0.1) is 0 Å². The lowest BCUT2D eigenvalue weighted by Crippen LogP contribution is -2.48. The summed E-state index contributed by atoms with van der Waals surface area (Å²) in [6, 6.07) is 9.26. The van der Waals surface area contributed by atoms with E-state index in [1.807, 2.05) is 18.2 Å². The van der Waals surface area contributed by atoms with Crippen LogP contribution < -0.4 is 14.8 Å². The van der Waals surface area contributed by atoms with Gasteiger partial charge < -0.3 is 24.6 Å². The van der Waals surface area contributed by atoms with Crippen LogP contribution in [0.2, 0.25) is 0 Å². The molecule has 0 radical (unpaired) electrons. The van der Waals surface area contributed by atoms with Crippen molar-refractivity contribution < 1.29 is 19.1 Å². The summed E-state index contributed by atoms with van der Waals surface area (Å²) in [5, 5.41) is 3.23. The number of nitrogens with zero attached hydrogens (tertiary/aromatic N) is 3. The molecule has 1 saturated heterocycles. The average Bonchev–Trinajstić information content (AvgIpc) is 2.77. The zero-order valence-electron chi connectivity index (χ0n) is 16.1. The first kappa shape index (κ1) is 19.5. The van der Waals surface area contributed by atoms with E-state index in [2.05, 4.69) is 10.3 Å². The molecule has 0 bridgehead atoms. The highest BCUT2D eigenvalue weighted by atomic mass is 16.5. The summed E-state index contributed by atoms with van der Waals surface area (Å²) < 4.78 is 10.5. The quantitative estimate of drug-likeness (QED) is 0.731. The SMILES string of the molecule is COc1ccc(CNc2ccc(C(=O)N3CCN(C=O)CC3)cn2)cc1OC. The molecule has 2 aromatic rings. The Morgan fingerprint density at radius 1 is 1.11 bits per heavy atom. The predicted molar refractivity (Wildman–Crippen MR) is 105 cm³/mol. The van der Waals surface area contributed by atoms with Gasteiger partial charge in [-0.05, 0) is 29.8 Å². The monoisotopic (exact) mass is 384 g/mol. The summed E-state index contributed by atoms with van der Waals surface area (Å²) in [7, 11) is 3.20. The fourth-order valence-corrected chi connectivity index (χ4v) is 3.02. The fourth-order valence-electron chi connectivity index (χ4n) is 3.02. The summed E-state index contributed by atoms with van der Waals surface area (Å²) in [6.45, 7) is 2.77. The van der Waals surface area contributed by atoms with Crippen LogP contribution >= 0.6 is 0 Å². The van der Waals surface area contributed by atoms with Gasteiger partial charge in [0.2, 0.25) is 6.41 Å². The summed E-state index contributed by atoms with van der Waals surface area (Å²) in [5.41, 5.74) is 1.56. The van der Waals surface area contributed by atoms with E-state index >= 15 is 0 Å². The number of piperazine rings is 1. The largest absolute Gasteiger partial charge is 0.493 e. The van der Waals surface area contributed by atoms with Gasteiger partial charge in [0, 0.05) is 38.9 Å². The Labute approximate surface area is 164 Å². The number of hydrogen-bond acceptors (Lipinski definition) is 6. The maximum absolute atomic E-state index is 12.5. The number of methoxy groups -OCH3 is 2. The van der Waals surface area contributed by atoms with Gasteiger partial charge in [-0.3, -0.25) is 9.59 Å². The van der Waals surface area contributed by atoms with Crippen LogP contribution in [0, 0.1) is 0 Å². The van der Waals surface area contributed by atoms with Crippen LogP contribution in [0.5, 0.6) is 11.5 Å². The number of carbonyl (C=O) groups excluding carboxylic acids is 2. The van der Waals surface area contributed by atoms with Crippen molar-refractivity contribution in [3.63, 3.8) is 0 Å². The van der Waals surface area contributed by atoms with Gasteiger partial charge in [0.25, 0.3) is 5.91 Å². The Kier molecular flexibility index (Phi) is 6.31. The molecule has 2 amide bonds. The molecule has 1 aliphatic rings. The van der Waals surface area contributed by atoms with Gasteiger partial charge >= 0.3 is 0 Å². The molecule has 2 heterocycles. The minimum absolute atomic E-state index is 0.0653. The first-order valence-corrected chi connectivity index (χ1v) is 9.04. The van der Waals surface area contributed by atoms with E-state index < -0.39 is 0 Å². The van der Waals surface area contributed by atoms with E-state index in [0.717, 1.165) is 12.0 Å². The van der Waals surface area contributed by atoms with Crippen molar-refractivity contribution in [3.05, 3.63) is 47.7 Å². The molecule has 0 spiro atoms. The molecule has 1 aliphatic heterocycles. The van der Waals surface area contributed by atoms with Gasteiger partial charge in [0.05, 0.1) is 19.8 Å². The molecule has 1 aromatic heterocycles. The molecular formula is C20H24N4O4. The van der Waals surface area contributed by atoms with Crippen molar-refractivity contribution in [1.82, 2.24) is 14.8 Å². The highest BCUT2D eigenvalue weighted by molar-refractivity contribution is 5.94. The summed E-state index contributed by atoms with van der Waals surface area (Å²) in [5.74, 6) is 1.97. The van der Waals surface area contributed by atoms with Crippen LogP contribution in [0.15, 0.2) is 36.5 Å². The maximum atomic E-state index is 12.5. The number of aromatic nitrogens is 1. The van der Waals surface area contributed by atoms with Crippen LogP contribution in [-0.4, -0.2) is 67.5 Å². The van der Waals surface area contributed by atoms with Gasteiger partial charge in [-0.25, -0.2) is 4.98 Å². The Morgan fingerprint density at radius 2 is 1.86 bits per heavy atom. The van der Waals surface area contributed by atoms with E-state index in [-0.39, 0.29) is 5.91 Å². The van der Waals surface area contributed by atoms with Crippen LogP contribution in [-0.2, 0) is 11.3 Å². The third-order valence-electron chi connectivity index (χ3n) is 4.68. The van der Waals surface area contributed by atoms with E-state index in [4.69, 9.17) is 9.47 Å². The Bertz CT molecular complexity index is 817. The molecule has 0 saturated carbocycles. The third-order valence-corrected chi connectivity index (χ3v) is 4.68. The van der Waals surface area contributed by atoms with Crippen LogP contribution in [0.1, 0.15) is 15.9 Å². The van der Waals surface area contributed by atoms with Crippen LogP contribution in [0.4, 0.5) is 5.82 Å². The molecule has 0 aliphatic carbocycles. The minimum Gasteiger partial charge on any atom is -0.493 e. The number of amides is 2. The standard InChI is InChI=1S/C20H24N4O4/c1-27-17-5-3-15(11-18(17)28-2)12-21-19-6-4-16(13-22-19)20(26)24-9-7-23(14-25)8-10-24/h3-6,11,13-14H,7-10,12H2,1-2H3,(H,21,22). The summed E-state index contributed by atoms with van der Waals surface area (Å²) in [4.78, 5) is 31.1. The fraction of sp³-hybridized carbons (Fsp3) is 0.350. The van der Waals surface area contributed by atoms with Crippen molar-refractivity contribution in [2.75, 3.05) is 45.7 Å². The minimum atomic E-state index is -0.0653. The number of anilines is 1. The van der Waals surface area contributed by atoms with Crippen LogP contribution in [0.3, 0.4) is 0 Å². The number of rotatable bonds is 7. The Morgan fingerprint density at radius 3 is 2.46 bits per heavy atom. The van der Waals surface area contributed by atoms with Crippen LogP contribution in [0.25, 0.3) is 0 Å². The summed E-state index contributed by atoms with van der Waals surface area (Å²) in [6.07, 6.45) is 2.40. The molecule has 1 aromatic carbocycles. The molecule has 1 N–H and O–H groups in total. The van der Waals surface area contributed by atoms with Crippen molar-refractivity contribution in [2.24, 2.45) is 0 Å². The third kappa shape index (κ3) is 4.51. The lowest BCUT2D eigenvalue weighted by molar-refractivity contribution is -0.119. The van der Waals surface area contributed by atoms with E-state index in [1.165, 1.54) is 0 Å². The number of nitrogens with one attached hydrogen (secondary N) is 1. The number of hydrogen-bond donors (Lipinski definition) is 1. The second-order valence-electron chi connectivity index (χ2n) is 6.41. The number of pyridine rings is 1. The topological polar surface area (TPSA) is 84.0 Å². The molecule has 0 unspecified atom stereocenters. The summed E-state index contributed by atoms with van der Waals surface area (Å²) >= 11 is 0. The maximum Gasteiger partial charge on any atom is 0.255 e. The van der Waals surface area contributed by atoms with E-state index in [9.17, 15) is 9.59 Å². The molecule has 148 valence electrons. The molecule has 8 nitrogen and oxygen atoms in total. The highest BCUT2D eigenvalue weighted by Gasteiger charge is 2.21. The van der Waals surface area contributed by atoms with E-state index in [1.54, 1.807) is 42.3 Å². The molecule has 28 heavy (non-hydrogen) atoms. The van der Waals surface area contributed by atoms with E-state index in [0.29, 0.717) is 55.6 Å². The van der Waals surface area contributed by atoms with Gasteiger partial charge in [0.15, 0.2) is 11.5 Å². The molecule has 1 fully saturated rings. The van der Waals surface area contributed by atoms with Gasteiger partial charge in [-0.2, -0.15) is 0 Å². The Hall–Kier alpha value is -3.29. The van der Waals surface area contributed by atoms with Crippen molar-refractivity contribution in [1.29, 1.82) is 0 Å². The normalized spacial score (nSPS) is 13.8. The molecule has 8 heteroatoms. The smallest absolute Gasteiger partial charge is 0.255 e. The first-order valence-electron chi connectivity index (χ1n) is 9.04. The zero-order chi connectivity index (χ0) is 19.9. The Balaban J connectivity index is 1.57. The average molecular weight is 384 g/mol. The lowest BCUT2D eigenvalue weighted by Gasteiger charge is -2.32. The number of carbonyl (C=O) groups is 2. The molecule has 3 rings (SSSR count). The second kappa shape index (κ2) is 9.07. The van der Waals surface area contributed by atoms with Crippen molar-refractivity contribution in [3.8, 4) is 11.5 Å². The van der Waals surface area contributed by atoms with Gasteiger partial charge in [-0.1, -0.05) is 6.07 Å². The number of ether oxygens (including phenoxy) is 2. The first-order chi connectivity index (χ1) is 13.6. The molecule has 0 atom stereocenters. The highest BCUT2D eigenvalue weighted by Crippen LogP contribution is 2.27. The predicted octanol–water partition coefficient (Wildman–Crippen LogP) is 1.63. The van der Waals surface area contributed by atoms with Gasteiger partial charge in [0.1, 0.15) is 5.82 Å². The number of benzene rings is 1. The van der Waals surface area contributed by atoms with Crippen molar-refractivity contribution in [2.45, 2.75) is 6.54 Å². The zero-order valence-corrected chi connectivity index (χ0v) is 16.1.